The summed E-state index contributed by atoms with van der Waals surface area (Å²) in [6, 6.07) is 2.16. The van der Waals surface area contributed by atoms with Gasteiger partial charge >= 0.3 is 0 Å². The molecule has 0 heterocycles. The molecule has 0 aliphatic rings. The number of carbonyl (C=O) groups excluding carboxylic acids is 1. The number of hydrogen-bond donors (Lipinski definition) is 0. The van der Waals surface area contributed by atoms with Crippen molar-refractivity contribution in [3.05, 3.63) is 0 Å². The molecule has 0 rings (SSSR count). The zero-order chi connectivity index (χ0) is 9.56. The van der Waals surface area contributed by atoms with Crippen molar-refractivity contribution in [1.29, 1.82) is 5.26 Å². The Morgan fingerprint density at radius 2 is 2.25 bits per heavy atom. The van der Waals surface area contributed by atoms with Gasteiger partial charge in [-0.05, 0) is 20.9 Å². The maximum absolute atomic E-state index is 10.6. The Bertz CT molecular complexity index is 183. The molecule has 0 radical (unpaired) electrons. The summed E-state index contributed by atoms with van der Waals surface area (Å²) in [4.78, 5) is 12.6. The maximum Gasteiger partial charge on any atom is 0.131 e. The number of Topliss-reactive ketones (excluding diaryl/α,β-unsaturated/α-hetero) is 1. The van der Waals surface area contributed by atoms with Gasteiger partial charge in [0.15, 0.2) is 0 Å². The van der Waals surface area contributed by atoms with Gasteiger partial charge in [0, 0.05) is 19.5 Å². The van der Waals surface area contributed by atoms with E-state index in [1.807, 2.05) is 18.9 Å². The van der Waals surface area contributed by atoms with Crippen LogP contribution in [0.3, 0.4) is 0 Å². The lowest BCUT2D eigenvalue weighted by Gasteiger charge is -2.16. The molecule has 68 valence electrons. The monoisotopic (exact) mass is 168 g/mol. The Hall–Kier alpha value is -0.880. The van der Waals surface area contributed by atoms with Crippen LogP contribution in [0.2, 0.25) is 0 Å². The van der Waals surface area contributed by atoms with E-state index in [9.17, 15) is 4.79 Å². The van der Waals surface area contributed by atoms with Gasteiger partial charge in [-0.2, -0.15) is 5.26 Å². The van der Waals surface area contributed by atoms with Crippen molar-refractivity contribution >= 4 is 5.78 Å². The fraction of sp³-hybridized carbons (Fsp3) is 0.778. The fourth-order valence-corrected chi connectivity index (χ4v) is 0.948. The molecule has 0 bridgehead atoms. The van der Waals surface area contributed by atoms with Gasteiger partial charge in [0.05, 0.1) is 12.0 Å². The van der Waals surface area contributed by atoms with Crippen molar-refractivity contribution in [3.63, 3.8) is 0 Å². The first kappa shape index (κ1) is 11.1. The van der Waals surface area contributed by atoms with Crippen molar-refractivity contribution in [2.45, 2.75) is 20.3 Å². The number of nitriles is 1. The quantitative estimate of drug-likeness (QED) is 0.616. The molecule has 0 aliphatic heterocycles. The summed E-state index contributed by atoms with van der Waals surface area (Å²) in [5.41, 5.74) is 0. The summed E-state index contributed by atoms with van der Waals surface area (Å²) in [7, 11) is 1.93. The lowest BCUT2D eigenvalue weighted by atomic mass is 10.2. The van der Waals surface area contributed by atoms with Gasteiger partial charge in [-0.3, -0.25) is 4.79 Å². The molecule has 0 aliphatic carbocycles. The maximum atomic E-state index is 10.6. The summed E-state index contributed by atoms with van der Waals surface area (Å²) in [6.07, 6.45) is 0.578. The molecule has 0 amide bonds. The van der Waals surface area contributed by atoms with Crippen LogP contribution in [0.1, 0.15) is 20.3 Å². The largest absolute Gasteiger partial charge is 0.305 e. The van der Waals surface area contributed by atoms with Crippen LogP contribution in [0.25, 0.3) is 0 Å². The minimum atomic E-state index is 0.0435. The van der Waals surface area contributed by atoms with Crippen LogP contribution < -0.4 is 0 Å². The smallest absolute Gasteiger partial charge is 0.131 e. The van der Waals surface area contributed by atoms with Crippen LogP contribution in [0, 0.1) is 17.2 Å². The molecule has 3 heteroatoms. The summed E-state index contributed by atoms with van der Waals surface area (Å²) in [6.45, 7) is 4.96. The third-order valence-electron chi connectivity index (χ3n) is 1.65. The topological polar surface area (TPSA) is 44.1 Å². The van der Waals surface area contributed by atoms with Crippen LogP contribution in [0.5, 0.6) is 0 Å². The van der Waals surface area contributed by atoms with Crippen LogP contribution >= 0.6 is 0 Å². The van der Waals surface area contributed by atoms with Gasteiger partial charge in [-0.25, -0.2) is 0 Å². The molecule has 3 nitrogen and oxygen atoms in total. The summed E-state index contributed by atoms with van der Waals surface area (Å²) in [5, 5.41) is 8.52. The van der Waals surface area contributed by atoms with E-state index in [1.165, 1.54) is 0 Å². The van der Waals surface area contributed by atoms with Crippen LogP contribution in [0.15, 0.2) is 0 Å². The van der Waals surface area contributed by atoms with Gasteiger partial charge in [-0.1, -0.05) is 0 Å². The third kappa shape index (κ3) is 5.87. The summed E-state index contributed by atoms with van der Waals surface area (Å²) >= 11 is 0. The highest BCUT2D eigenvalue weighted by Crippen LogP contribution is 1.96. The van der Waals surface area contributed by atoms with Gasteiger partial charge in [0.2, 0.25) is 0 Å². The van der Waals surface area contributed by atoms with Crippen molar-refractivity contribution in [3.8, 4) is 6.07 Å². The summed E-state index contributed by atoms with van der Waals surface area (Å²) in [5.74, 6) is 0.244. The van der Waals surface area contributed by atoms with E-state index >= 15 is 0 Å². The highest BCUT2D eigenvalue weighted by atomic mass is 16.1. The van der Waals surface area contributed by atoms with Crippen LogP contribution in [-0.2, 0) is 4.79 Å². The van der Waals surface area contributed by atoms with E-state index < -0.39 is 0 Å². The molecule has 12 heavy (non-hydrogen) atoms. The van der Waals surface area contributed by atoms with E-state index in [-0.39, 0.29) is 11.7 Å². The second-order valence-electron chi connectivity index (χ2n) is 3.24. The van der Waals surface area contributed by atoms with Gasteiger partial charge in [0.1, 0.15) is 5.78 Å². The summed E-state index contributed by atoms with van der Waals surface area (Å²) < 4.78 is 0. The lowest BCUT2D eigenvalue weighted by molar-refractivity contribution is -0.117. The second kappa shape index (κ2) is 5.73. The molecular formula is C9H16N2O. The highest BCUT2D eigenvalue weighted by Gasteiger charge is 2.05. The molecule has 0 saturated carbocycles. The zero-order valence-electron chi connectivity index (χ0n) is 8.00. The first-order chi connectivity index (χ1) is 5.56. The first-order valence-electron chi connectivity index (χ1n) is 4.14. The molecule has 0 saturated heterocycles. The van der Waals surface area contributed by atoms with Crippen molar-refractivity contribution in [2.24, 2.45) is 5.92 Å². The Morgan fingerprint density at radius 1 is 1.67 bits per heavy atom. The fourth-order valence-electron chi connectivity index (χ4n) is 0.948. The first-order valence-corrected chi connectivity index (χ1v) is 4.14. The molecule has 0 aromatic carbocycles. The number of ketones is 1. The van der Waals surface area contributed by atoms with E-state index in [4.69, 9.17) is 5.26 Å². The predicted octanol–water partition coefficient (Wildman–Crippen LogP) is 1.06. The third-order valence-corrected chi connectivity index (χ3v) is 1.65. The molecule has 1 unspecified atom stereocenters. The molecule has 0 N–H and O–H groups in total. The van der Waals surface area contributed by atoms with Crippen LogP contribution in [-0.4, -0.2) is 30.8 Å². The second-order valence-corrected chi connectivity index (χ2v) is 3.24. The molecule has 0 spiro atoms. The predicted molar refractivity (Wildman–Crippen MR) is 47.6 cm³/mol. The Labute approximate surface area is 74.0 Å². The SMILES string of the molecule is CC(=O)CCN(C)CC(C)C#N. The Kier molecular flexibility index (Phi) is 5.31. The van der Waals surface area contributed by atoms with Gasteiger partial charge in [-0.15, -0.1) is 0 Å². The van der Waals surface area contributed by atoms with E-state index in [0.29, 0.717) is 6.42 Å². The van der Waals surface area contributed by atoms with E-state index in [1.54, 1.807) is 6.92 Å². The minimum absolute atomic E-state index is 0.0435. The number of hydrogen-bond acceptors (Lipinski definition) is 3. The normalized spacial score (nSPS) is 12.6. The van der Waals surface area contributed by atoms with Crippen molar-refractivity contribution in [2.75, 3.05) is 20.1 Å². The standard InChI is InChI=1S/C9H16N2O/c1-8(6-10)7-11(3)5-4-9(2)12/h8H,4-5,7H2,1-3H3. The van der Waals surface area contributed by atoms with E-state index in [2.05, 4.69) is 6.07 Å². The van der Waals surface area contributed by atoms with Gasteiger partial charge < -0.3 is 4.90 Å². The number of rotatable bonds is 5. The molecular weight excluding hydrogens is 152 g/mol. The van der Waals surface area contributed by atoms with Crippen molar-refractivity contribution in [1.82, 2.24) is 4.90 Å². The Balaban J connectivity index is 3.54. The Morgan fingerprint density at radius 3 is 2.67 bits per heavy atom. The molecule has 0 aromatic rings. The van der Waals surface area contributed by atoms with Crippen molar-refractivity contribution < 1.29 is 4.79 Å². The van der Waals surface area contributed by atoms with E-state index in [0.717, 1.165) is 13.1 Å². The molecule has 0 aromatic heterocycles. The molecule has 1 atom stereocenters. The van der Waals surface area contributed by atoms with Gasteiger partial charge in [0.25, 0.3) is 0 Å². The molecule has 0 fully saturated rings. The average Bonchev–Trinajstić information content (AvgIpc) is 2.00. The number of carbonyl (C=O) groups is 1. The number of nitrogens with zero attached hydrogens (tertiary/aromatic N) is 2. The lowest BCUT2D eigenvalue weighted by Crippen LogP contribution is -2.25. The van der Waals surface area contributed by atoms with Crippen LogP contribution in [0.4, 0.5) is 0 Å². The highest BCUT2D eigenvalue weighted by molar-refractivity contribution is 5.75. The average molecular weight is 168 g/mol. The minimum Gasteiger partial charge on any atom is -0.305 e. The zero-order valence-corrected chi connectivity index (χ0v) is 8.00.